The van der Waals surface area contributed by atoms with Crippen LogP contribution in [0.15, 0.2) is 84.1 Å². The molecule has 0 saturated heterocycles. The van der Waals surface area contributed by atoms with Crippen LogP contribution in [0.2, 0.25) is 0 Å². The van der Waals surface area contributed by atoms with Crippen LogP contribution in [0.1, 0.15) is 23.1 Å². The zero-order valence-corrected chi connectivity index (χ0v) is 16.7. The fraction of sp³-hybridized carbons (Fsp3) is 0.182. The molecule has 1 atom stereocenters. The zero-order valence-electron chi connectivity index (χ0n) is 15.9. The number of nitrogens with one attached hydrogen (secondary N) is 1. The lowest BCUT2D eigenvalue weighted by Crippen LogP contribution is -2.59. The number of halogens is 1. The fourth-order valence-electron chi connectivity index (χ4n) is 4.11. The number of rotatable bonds is 2. The van der Waals surface area contributed by atoms with Gasteiger partial charge in [0.05, 0.1) is 0 Å². The summed E-state index contributed by atoms with van der Waals surface area (Å²) in [5.74, 6) is 1.08. The van der Waals surface area contributed by atoms with Crippen molar-refractivity contribution < 1.29 is 11.0 Å². The quantitative estimate of drug-likeness (QED) is 0.699. The van der Waals surface area contributed by atoms with Crippen molar-refractivity contribution >= 4 is 23.9 Å². The van der Waals surface area contributed by atoms with Gasteiger partial charge >= 0.3 is 0 Å². The second-order valence-corrected chi connectivity index (χ2v) is 6.69. The molecule has 29 heavy (non-hydrogen) atoms. The lowest BCUT2D eigenvalue weighted by atomic mass is 9.85. The molecule has 0 bridgehead atoms. The molecule has 1 unspecified atom stereocenters. The highest BCUT2D eigenvalue weighted by Crippen LogP contribution is 2.43. The van der Waals surface area contributed by atoms with Gasteiger partial charge in [-0.2, -0.15) is 0 Å². The molecule has 1 aromatic heterocycles. The highest BCUT2D eigenvalue weighted by molar-refractivity contribution is 6.06. The van der Waals surface area contributed by atoms with Crippen LogP contribution < -0.4 is 5.32 Å². The first-order chi connectivity index (χ1) is 12.9. The van der Waals surface area contributed by atoms with Gasteiger partial charge in [0, 0.05) is 47.9 Å². The van der Waals surface area contributed by atoms with E-state index in [1.807, 2.05) is 12.4 Å². The first-order valence-electron chi connectivity index (χ1n) is 9.05. The van der Waals surface area contributed by atoms with E-state index in [9.17, 15) is 0 Å². The van der Waals surface area contributed by atoms with E-state index in [0.29, 0.717) is 0 Å². The fourth-order valence-corrected chi connectivity index (χ4v) is 4.11. The van der Waals surface area contributed by atoms with Crippen LogP contribution in [0.25, 0.3) is 0 Å². The molecule has 0 aliphatic carbocycles. The Labute approximate surface area is 176 Å². The van der Waals surface area contributed by atoms with Crippen molar-refractivity contribution in [2.45, 2.75) is 12.1 Å². The predicted octanol–water partition coefficient (Wildman–Crippen LogP) is 2.63. The summed E-state index contributed by atoms with van der Waals surface area (Å²) in [6.45, 7) is 1.83. The maximum absolute atomic E-state index is 4.93. The van der Waals surface area contributed by atoms with Crippen molar-refractivity contribution in [3.63, 3.8) is 0 Å². The third-order valence-electron chi connectivity index (χ3n) is 5.24. The highest BCUT2D eigenvalue weighted by Gasteiger charge is 2.46. The molecular formula is C22H25ClN4O2. The van der Waals surface area contributed by atoms with Gasteiger partial charge in [0.25, 0.3) is 0 Å². The average molecular weight is 413 g/mol. The third-order valence-corrected chi connectivity index (χ3v) is 5.24. The van der Waals surface area contributed by atoms with Crippen LogP contribution in [-0.2, 0) is 5.66 Å². The Morgan fingerprint density at radius 3 is 2.24 bits per heavy atom. The minimum atomic E-state index is -0.488. The molecule has 0 fully saturated rings. The van der Waals surface area contributed by atoms with Gasteiger partial charge in [-0.05, 0) is 30.7 Å². The van der Waals surface area contributed by atoms with Crippen LogP contribution in [0.5, 0.6) is 0 Å². The number of benzene rings is 2. The molecular weight excluding hydrogens is 388 g/mol. The molecule has 3 aromatic rings. The predicted molar refractivity (Wildman–Crippen MR) is 119 cm³/mol. The Bertz CT molecular complexity index is 927. The topological polar surface area (TPSA) is 104 Å². The van der Waals surface area contributed by atoms with Gasteiger partial charge in [0.15, 0.2) is 5.66 Å². The van der Waals surface area contributed by atoms with Crippen molar-refractivity contribution in [3.8, 4) is 0 Å². The summed E-state index contributed by atoms with van der Waals surface area (Å²) < 4.78 is 0. The third kappa shape index (κ3) is 3.46. The number of pyridine rings is 1. The Kier molecular flexibility index (Phi) is 6.97. The van der Waals surface area contributed by atoms with Gasteiger partial charge in [-0.25, -0.2) is 0 Å². The Hall–Kier alpha value is -2.93. The van der Waals surface area contributed by atoms with E-state index < -0.39 is 5.66 Å². The van der Waals surface area contributed by atoms with E-state index in [2.05, 4.69) is 81.9 Å². The largest absolute Gasteiger partial charge is 0.412 e. The smallest absolute Gasteiger partial charge is 0.165 e. The van der Waals surface area contributed by atoms with Crippen LogP contribution in [-0.4, -0.2) is 39.8 Å². The van der Waals surface area contributed by atoms with Crippen LogP contribution in [0, 0.1) is 0 Å². The monoisotopic (exact) mass is 412 g/mol. The molecule has 2 aromatic carbocycles. The number of fused-ring (bicyclic) bond motifs is 3. The van der Waals surface area contributed by atoms with Crippen molar-refractivity contribution in [2.24, 2.45) is 4.99 Å². The van der Waals surface area contributed by atoms with Crippen LogP contribution in [0.3, 0.4) is 0 Å². The maximum atomic E-state index is 4.93. The Morgan fingerprint density at radius 1 is 0.828 bits per heavy atom. The van der Waals surface area contributed by atoms with Crippen molar-refractivity contribution in [3.05, 3.63) is 95.8 Å². The van der Waals surface area contributed by atoms with Crippen molar-refractivity contribution in [1.29, 1.82) is 0 Å². The van der Waals surface area contributed by atoms with E-state index >= 15 is 0 Å². The van der Waals surface area contributed by atoms with Crippen molar-refractivity contribution in [2.75, 3.05) is 18.4 Å². The molecule has 0 saturated carbocycles. The molecule has 7 heteroatoms. The number of hydrogen-bond acceptors (Lipinski definition) is 4. The summed E-state index contributed by atoms with van der Waals surface area (Å²) in [5.41, 5.74) is 4.17. The molecule has 2 aliphatic rings. The van der Waals surface area contributed by atoms with E-state index in [0.717, 1.165) is 31.0 Å². The molecule has 152 valence electrons. The Balaban J connectivity index is 0.000001000. The SMILES string of the molecule is Cl.O.O.c1ccc(C2(c3ccncc3)Nc3ccccc3C3=NCCCN32)cc1. The Morgan fingerprint density at radius 2 is 1.48 bits per heavy atom. The molecule has 3 heterocycles. The van der Waals surface area contributed by atoms with Gasteiger partial charge in [0.2, 0.25) is 0 Å². The standard InChI is InChI=1S/C22H20N4.ClH.2H2O/c1-2-7-17(8-3-1)22(18-11-14-23-15-12-18)25-20-10-5-4-9-19(20)21-24-13-6-16-26(21)22;;;/h1-5,7-12,14-15,25H,6,13,16H2;1H;2*1H2. The number of aliphatic imine (C=N–C) groups is 1. The number of amidine groups is 1. The van der Waals surface area contributed by atoms with E-state index in [-0.39, 0.29) is 23.4 Å². The van der Waals surface area contributed by atoms with E-state index in [4.69, 9.17) is 4.99 Å². The summed E-state index contributed by atoms with van der Waals surface area (Å²) >= 11 is 0. The van der Waals surface area contributed by atoms with Crippen LogP contribution >= 0.6 is 12.4 Å². The number of nitrogens with zero attached hydrogens (tertiary/aromatic N) is 3. The summed E-state index contributed by atoms with van der Waals surface area (Å²) in [6.07, 6.45) is 4.78. The molecule has 5 N–H and O–H groups in total. The molecule has 6 nitrogen and oxygen atoms in total. The van der Waals surface area contributed by atoms with Gasteiger partial charge in [0.1, 0.15) is 5.84 Å². The first kappa shape index (κ1) is 22.4. The summed E-state index contributed by atoms with van der Waals surface area (Å²) in [4.78, 5) is 11.6. The van der Waals surface area contributed by atoms with Crippen LogP contribution in [0.4, 0.5) is 5.69 Å². The molecule has 0 spiro atoms. The van der Waals surface area contributed by atoms with E-state index in [1.165, 1.54) is 16.7 Å². The molecule has 2 aliphatic heterocycles. The maximum Gasteiger partial charge on any atom is 0.165 e. The number of anilines is 1. The first-order valence-corrected chi connectivity index (χ1v) is 9.05. The molecule has 0 radical (unpaired) electrons. The summed E-state index contributed by atoms with van der Waals surface area (Å²) in [7, 11) is 0. The number of hydrogen-bond donors (Lipinski definition) is 1. The summed E-state index contributed by atoms with van der Waals surface area (Å²) in [5, 5.41) is 3.86. The number of para-hydroxylation sites is 1. The molecule has 0 amide bonds. The summed E-state index contributed by atoms with van der Waals surface area (Å²) in [6, 6.07) is 23.3. The van der Waals surface area contributed by atoms with E-state index in [1.54, 1.807) is 0 Å². The minimum Gasteiger partial charge on any atom is -0.412 e. The van der Waals surface area contributed by atoms with Gasteiger partial charge in [-0.15, -0.1) is 12.4 Å². The lowest BCUT2D eigenvalue weighted by molar-refractivity contribution is 0.235. The minimum absolute atomic E-state index is 0. The average Bonchev–Trinajstić information content (AvgIpc) is 2.74. The zero-order chi connectivity index (χ0) is 17.4. The van der Waals surface area contributed by atoms with Gasteiger partial charge < -0.3 is 21.2 Å². The molecule has 5 rings (SSSR count). The highest BCUT2D eigenvalue weighted by atomic mass is 35.5. The lowest BCUT2D eigenvalue weighted by Gasteiger charge is -2.52. The second kappa shape index (κ2) is 9.05. The van der Waals surface area contributed by atoms with Gasteiger partial charge in [-0.3, -0.25) is 9.98 Å². The van der Waals surface area contributed by atoms with Gasteiger partial charge in [-0.1, -0.05) is 42.5 Å². The van der Waals surface area contributed by atoms with Crippen molar-refractivity contribution in [1.82, 2.24) is 9.88 Å². The number of aromatic nitrogens is 1. The second-order valence-electron chi connectivity index (χ2n) is 6.69. The normalized spacial score (nSPS) is 19.0.